The van der Waals surface area contributed by atoms with Gasteiger partial charge in [-0.15, -0.1) is 10.2 Å². The highest BCUT2D eigenvalue weighted by atomic mass is 16.2. The fourth-order valence-electron chi connectivity index (χ4n) is 2.61. The number of nitrogens with one attached hydrogen (secondary N) is 2. The maximum absolute atomic E-state index is 12.3. The van der Waals surface area contributed by atoms with Crippen LogP contribution < -0.4 is 33.6 Å². The van der Waals surface area contributed by atoms with Crippen LogP contribution in [0.3, 0.4) is 0 Å². The Morgan fingerprint density at radius 3 is 1.81 bits per heavy atom. The third kappa shape index (κ3) is 7.16. The minimum absolute atomic E-state index is 0.115. The third-order valence-electron chi connectivity index (χ3n) is 4.07. The van der Waals surface area contributed by atoms with Crippen molar-refractivity contribution in [2.24, 2.45) is 43.3 Å². The smallest absolute Gasteiger partial charge is 0.323 e. The number of carbonyl (C=O) groups excluding carboxylic acids is 1. The maximum Gasteiger partial charge on any atom is 0.323 e. The number of guanidine groups is 2. The Kier molecular flexibility index (Phi) is 7.67. The van der Waals surface area contributed by atoms with Crippen LogP contribution in [0.4, 0.5) is 16.2 Å². The molecular formula is C20H26N10O. The monoisotopic (exact) mass is 422 g/mol. The lowest BCUT2D eigenvalue weighted by atomic mass is 10.0. The summed E-state index contributed by atoms with van der Waals surface area (Å²) < 4.78 is 0. The molecule has 0 fully saturated rings. The molecule has 0 spiro atoms. The highest BCUT2D eigenvalue weighted by Gasteiger charge is 2.07. The summed E-state index contributed by atoms with van der Waals surface area (Å²) in [6.07, 6.45) is 0. The van der Waals surface area contributed by atoms with Crippen molar-refractivity contribution in [2.75, 3.05) is 10.6 Å². The van der Waals surface area contributed by atoms with Crippen LogP contribution in [0.2, 0.25) is 0 Å². The van der Waals surface area contributed by atoms with E-state index >= 15 is 0 Å². The van der Waals surface area contributed by atoms with Gasteiger partial charge < -0.3 is 33.6 Å². The van der Waals surface area contributed by atoms with Gasteiger partial charge in [-0.05, 0) is 56.2 Å². The van der Waals surface area contributed by atoms with Gasteiger partial charge in [0.2, 0.25) is 11.9 Å². The molecular weight excluding hydrogens is 396 g/mol. The fraction of sp³-hybridized carbons (Fsp3) is 0.150. The van der Waals surface area contributed by atoms with Gasteiger partial charge in [0, 0.05) is 16.9 Å². The first-order valence-electron chi connectivity index (χ1n) is 9.21. The molecule has 2 rings (SSSR count). The number of benzene rings is 2. The molecule has 10 N–H and O–H groups in total. The average Bonchev–Trinajstić information content (AvgIpc) is 2.70. The SMILES string of the molecule is C/C(=N/N=C(N)N)c1ccc(NC(=O)Nc2ccc(/C(C)=N\N=C(N)N)c(C)c2)cc1. The number of hydrogen-bond donors (Lipinski definition) is 6. The number of urea groups is 1. The number of anilines is 2. The molecule has 11 heteroatoms. The van der Waals surface area contributed by atoms with Crippen LogP contribution >= 0.6 is 0 Å². The van der Waals surface area contributed by atoms with E-state index in [1.54, 1.807) is 44.2 Å². The van der Waals surface area contributed by atoms with Gasteiger partial charge in [-0.25, -0.2) is 4.79 Å². The van der Waals surface area contributed by atoms with Crippen molar-refractivity contribution in [1.82, 2.24) is 0 Å². The van der Waals surface area contributed by atoms with Crippen LogP contribution in [0.5, 0.6) is 0 Å². The van der Waals surface area contributed by atoms with Gasteiger partial charge in [-0.1, -0.05) is 18.2 Å². The van der Waals surface area contributed by atoms with Crippen LogP contribution in [0.25, 0.3) is 0 Å². The summed E-state index contributed by atoms with van der Waals surface area (Å²) in [4.78, 5) is 12.3. The second-order valence-electron chi connectivity index (χ2n) is 6.61. The summed E-state index contributed by atoms with van der Waals surface area (Å²) in [6.45, 7) is 5.47. The number of rotatable bonds is 6. The van der Waals surface area contributed by atoms with Crippen LogP contribution in [-0.4, -0.2) is 29.4 Å². The first-order valence-corrected chi connectivity index (χ1v) is 9.21. The van der Waals surface area contributed by atoms with Gasteiger partial charge in [0.1, 0.15) is 0 Å². The van der Waals surface area contributed by atoms with E-state index in [9.17, 15) is 4.79 Å². The molecule has 31 heavy (non-hydrogen) atoms. The largest absolute Gasteiger partial charge is 0.369 e. The second-order valence-corrected chi connectivity index (χ2v) is 6.61. The quantitative estimate of drug-likeness (QED) is 0.233. The number of nitrogens with zero attached hydrogens (tertiary/aromatic N) is 4. The molecule has 2 aromatic carbocycles. The summed E-state index contributed by atoms with van der Waals surface area (Å²) >= 11 is 0. The van der Waals surface area contributed by atoms with E-state index in [0.717, 1.165) is 16.7 Å². The summed E-state index contributed by atoms with van der Waals surface area (Å²) in [5.41, 5.74) is 26.2. The lowest BCUT2D eigenvalue weighted by molar-refractivity contribution is 0.262. The molecule has 11 nitrogen and oxygen atoms in total. The van der Waals surface area contributed by atoms with E-state index in [1.807, 2.05) is 19.1 Å². The Bertz CT molecular complexity index is 1060. The molecule has 0 saturated carbocycles. The van der Waals surface area contributed by atoms with Crippen molar-refractivity contribution < 1.29 is 4.79 Å². The molecule has 0 unspecified atom stereocenters. The van der Waals surface area contributed by atoms with Crippen molar-refractivity contribution >= 4 is 40.7 Å². The normalized spacial score (nSPS) is 11.5. The Labute approximate surface area is 180 Å². The van der Waals surface area contributed by atoms with Crippen molar-refractivity contribution in [3.8, 4) is 0 Å². The zero-order valence-corrected chi connectivity index (χ0v) is 17.5. The molecule has 0 aromatic heterocycles. The molecule has 0 atom stereocenters. The van der Waals surface area contributed by atoms with Crippen LogP contribution in [0.15, 0.2) is 62.9 Å². The highest BCUT2D eigenvalue weighted by Crippen LogP contribution is 2.17. The third-order valence-corrected chi connectivity index (χ3v) is 4.07. The van der Waals surface area contributed by atoms with Crippen molar-refractivity contribution in [1.29, 1.82) is 0 Å². The van der Waals surface area contributed by atoms with Crippen molar-refractivity contribution in [2.45, 2.75) is 20.8 Å². The maximum atomic E-state index is 12.3. The average molecular weight is 422 g/mol. The first kappa shape index (κ1) is 22.9. The Balaban J connectivity index is 2.04. The standard InChI is InChI=1S/C20H26N10O/c1-11-10-16(8-9-17(11)13(3)28-30-19(23)24)26-20(31)25-15-6-4-14(5-7-15)12(2)27-29-18(21)22/h4-10H,1-3H3,(H4,21,22,29)(H4,23,24,30)(H2,25,26,31)/b27-12-,28-13-. The number of aryl methyl sites for hydroxylation is 1. The summed E-state index contributed by atoms with van der Waals surface area (Å²) in [5, 5.41) is 20.7. The van der Waals surface area contributed by atoms with Crippen molar-refractivity contribution in [3.63, 3.8) is 0 Å². The van der Waals surface area contributed by atoms with Gasteiger partial charge in [0.15, 0.2) is 0 Å². The number of hydrogen-bond acceptors (Lipinski definition) is 5. The minimum Gasteiger partial charge on any atom is -0.369 e. The summed E-state index contributed by atoms with van der Waals surface area (Å²) in [5.74, 6) is -0.231. The van der Waals surface area contributed by atoms with E-state index in [-0.39, 0.29) is 18.0 Å². The molecule has 162 valence electrons. The van der Waals surface area contributed by atoms with Gasteiger partial charge in [-0.2, -0.15) is 10.2 Å². The summed E-state index contributed by atoms with van der Waals surface area (Å²) in [6, 6.07) is 12.2. The van der Waals surface area contributed by atoms with Gasteiger partial charge in [0.25, 0.3) is 0 Å². The number of amides is 2. The van der Waals surface area contributed by atoms with E-state index < -0.39 is 0 Å². The van der Waals surface area contributed by atoms with E-state index in [4.69, 9.17) is 22.9 Å². The Morgan fingerprint density at radius 1 is 0.742 bits per heavy atom. The summed E-state index contributed by atoms with van der Waals surface area (Å²) in [7, 11) is 0. The van der Waals surface area contributed by atoms with E-state index in [1.165, 1.54) is 0 Å². The zero-order valence-electron chi connectivity index (χ0n) is 17.5. The molecule has 2 aromatic rings. The highest BCUT2D eigenvalue weighted by molar-refractivity contribution is 6.03. The molecule has 0 bridgehead atoms. The van der Waals surface area contributed by atoms with Gasteiger partial charge >= 0.3 is 6.03 Å². The molecule has 0 saturated heterocycles. The molecule has 0 aliphatic carbocycles. The lowest BCUT2D eigenvalue weighted by Crippen LogP contribution is -2.22. The van der Waals surface area contributed by atoms with Crippen LogP contribution in [0, 0.1) is 6.92 Å². The zero-order chi connectivity index (χ0) is 23.0. The topological polar surface area (TPSA) is 195 Å². The molecule has 0 heterocycles. The molecule has 0 aliphatic rings. The Morgan fingerprint density at radius 2 is 1.26 bits per heavy atom. The molecule has 0 radical (unpaired) electrons. The van der Waals surface area contributed by atoms with E-state index in [0.29, 0.717) is 22.8 Å². The number of nitrogens with two attached hydrogens (primary N) is 4. The Hall–Kier alpha value is -4.41. The molecule has 0 aliphatic heterocycles. The minimum atomic E-state index is -0.378. The van der Waals surface area contributed by atoms with Crippen molar-refractivity contribution in [3.05, 3.63) is 59.2 Å². The van der Waals surface area contributed by atoms with Crippen LogP contribution in [-0.2, 0) is 0 Å². The second kappa shape index (κ2) is 10.4. The fourth-order valence-corrected chi connectivity index (χ4v) is 2.61. The molecule has 2 amide bonds. The first-order chi connectivity index (χ1) is 14.7. The predicted octanol–water partition coefficient (Wildman–Crippen LogP) is 1.63. The van der Waals surface area contributed by atoms with E-state index in [2.05, 4.69) is 31.0 Å². The van der Waals surface area contributed by atoms with Crippen LogP contribution in [0.1, 0.15) is 30.5 Å². The predicted molar refractivity (Wildman–Crippen MR) is 126 cm³/mol. The lowest BCUT2D eigenvalue weighted by Gasteiger charge is -2.11. The van der Waals surface area contributed by atoms with Gasteiger partial charge in [-0.3, -0.25) is 0 Å². The number of carbonyl (C=O) groups is 1. The van der Waals surface area contributed by atoms with Gasteiger partial charge in [0.05, 0.1) is 11.4 Å².